The fourth-order valence-corrected chi connectivity index (χ4v) is 4.79. The molecule has 1 aliphatic rings. The Morgan fingerprint density at radius 1 is 1.19 bits per heavy atom. The number of thioether (sulfide) groups is 2. The van der Waals surface area contributed by atoms with E-state index in [1.165, 1.54) is 23.7 Å². The number of benzene rings is 2. The van der Waals surface area contributed by atoms with E-state index in [1.807, 2.05) is 44.4 Å². The van der Waals surface area contributed by atoms with Gasteiger partial charge in [-0.3, -0.25) is 19.8 Å². The Bertz CT molecular complexity index is 981. The van der Waals surface area contributed by atoms with Gasteiger partial charge in [-0.15, -0.1) is 23.5 Å². The molecule has 2 N–H and O–H groups in total. The number of amides is 3. The number of ether oxygens (including phenoxy) is 1. The standard InChI is InChI=1S/C22H25N3O4S2/c1-5-29-19-12-16(23-14(3)26)8-11-18(19)20(27)24-25-21(28)13(2)31-22(25)15-6-9-17(30-4)10-7-15/h6-13,22H,5H2,1-4H3,(H,23,26)(H,24,27)/t13-,22+/m0/s1. The number of anilines is 1. The van der Waals surface area contributed by atoms with Crippen molar-refractivity contribution >= 4 is 46.9 Å². The molecule has 0 bridgehead atoms. The van der Waals surface area contributed by atoms with Crippen LogP contribution in [0.5, 0.6) is 5.75 Å². The summed E-state index contributed by atoms with van der Waals surface area (Å²) in [6, 6.07) is 12.8. The lowest BCUT2D eigenvalue weighted by molar-refractivity contribution is -0.132. The highest BCUT2D eigenvalue weighted by Crippen LogP contribution is 2.42. The Kier molecular flexibility index (Phi) is 7.50. The van der Waals surface area contributed by atoms with E-state index in [4.69, 9.17) is 4.74 Å². The van der Waals surface area contributed by atoms with Crippen molar-refractivity contribution in [3.63, 3.8) is 0 Å². The summed E-state index contributed by atoms with van der Waals surface area (Å²) in [5, 5.41) is 3.46. The molecule has 0 radical (unpaired) electrons. The number of carbonyl (C=O) groups is 3. The smallest absolute Gasteiger partial charge is 0.273 e. The third kappa shape index (κ3) is 5.34. The minimum Gasteiger partial charge on any atom is -0.493 e. The Labute approximate surface area is 190 Å². The molecule has 2 aromatic carbocycles. The second-order valence-corrected chi connectivity index (χ2v) is 9.18. The SMILES string of the molecule is CCOc1cc(NC(C)=O)ccc1C(=O)NN1C(=O)[C@H](C)S[C@@H]1c1ccc(SC)cc1. The number of rotatable bonds is 7. The zero-order chi connectivity index (χ0) is 22.5. The third-order valence-electron chi connectivity index (χ3n) is 4.62. The summed E-state index contributed by atoms with van der Waals surface area (Å²) in [6.07, 6.45) is 2.00. The van der Waals surface area contributed by atoms with E-state index in [0.29, 0.717) is 18.0 Å². The van der Waals surface area contributed by atoms with E-state index in [1.54, 1.807) is 30.0 Å². The highest BCUT2D eigenvalue weighted by atomic mass is 32.2. The van der Waals surface area contributed by atoms with Crippen LogP contribution in [0.2, 0.25) is 0 Å². The summed E-state index contributed by atoms with van der Waals surface area (Å²) in [7, 11) is 0. The summed E-state index contributed by atoms with van der Waals surface area (Å²) in [6.45, 7) is 5.40. The van der Waals surface area contributed by atoms with E-state index >= 15 is 0 Å². The van der Waals surface area contributed by atoms with Crippen molar-refractivity contribution < 1.29 is 19.1 Å². The maximum atomic E-state index is 13.1. The lowest BCUT2D eigenvalue weighted by atomic mass is 10.1. The van der Waals surface area contributed by atoms with E-state index in [-0.39, 0.29) is 28.0 Å². The highest BCUT2D eigenvalue weighted by Gasteiger charge is 2.40. The zero-order valence-electron chi connectivity index (χ0n) is 17.8. The molecule has 0 unspecified atom stereocenters. The average Bonchev–Trinajstić information content (AvgIpc) is 3.02. The van der Waals surface area contributed by atoms with E-state index < -0.39 is 5.91 Å². The molecule has 1 fully saturated rings. The van der Waals surface area contributed by atoms with Crippen molar-refractivity contribution in [2.45, 2.75) is 36.3 Å². The minimum atomic E-state index is -0.452. The van der Waals surface area contributed by atoms with Crippen molar-refractivity contribution in [1.82, 2.24) is 10.4 Å². The van der Waals surface area contributed by atoms with E-state index in [0.717, 1.165) is 10.5 Å². The Hall–Kier alpha value is -2.65. The van der Waals surface area contributed by atoms with Gasteiger partial charge in [0.1, 0.15) is 11.1 Å². The first-order valence-electron chi connectivity index (χ1n) is 9.82. The number of hydrogen-bond acceptors (Lipinski definition) is 6. The highest BCUT2D eigenvalue weighted by molar-refractivity contribution is 8.01. The van der Waals surface area contributed by atoms with Crippen LogP contribution in [-0.4, -0.2) is 40.8 Å². The van der Waals surface area contributed by atoms with Crippen LogP contribution in [0, 0.1) is 0 Å². The first kappa shape index (κ1) is 23.0. The average molecular weight is 460 g/mol. The van der Waals surface area contributed by atoms with Crippen molar-refractivity contribution in [2.75, 3.05) is 18.2 Å². The van der Waals surface area contributed by atoms with Gasteiger partial charge in [0.05, 0.1) is 17.4 Å². The molecule has 0 saturated carbocycles. The van der Waals surface area contributed by atoms with Gasteiger partial charge in [-0.2, -0.15) is 0 Å². The number of hydrogen-bond donors (Lipinski definition) is 2. The molecule has 7 nitrogen and oxygen atoms in total. The molecule has 3 rings (SSSR count). The summed E-state index contributed by atoms with van der Waals surface area (Å²) in [4.78, 5) is 38.3. The van der Waals surface area contributed by atoms with Crippen LogP contribution in [0.1, 0.15) is 42.1 Å². The molecule has 1 aliphatic heterocycles. The number of nitrogens with zero attached hydrogens (tertiary/aromatic N) is 1. The molecule has 0 aromatic heterocycles. The van der Waals surface area contributed by atoms with Gasteiger partial charge in [-0.1, -0.05) is 12.1 Å². The number of carbonyl (C=O) groups excluding carboxylic acids is 3. The molecule has 2 atom stereocenters. The van der Waals surface area contributed by atoms with Crippen molar-refractivity contribution in [3.05, 3.63) is 53.6 Å². The quantitative estimate of drug-likeness (QED) is 0.607. The van der Waals surface area contributed by atoms with Gasteiger partial charge in [-0.05, 0) is 49.9 Å². The second-order valence-electron chi connectivity index (χ2n) is 6.88. The van der Waals surface area contributed by atoms with Crippen LogP contribution in [0.3, 0.4) is 0 Å². The molecule has 164 valence electrons. The van der Waals surface area contributed by atoms with Crippen molar-refractivity contribution in [3.8, 4) is 5.75 Å². The van der Waals surface area contributed by atoms with E-state index in [2.05, 4.69) is 10.7 Å². The van der Waals surface area contributed by atoms with Crippen LogP contribution in [0.15, 0.2) is 47.4 Å². The zero-order valence-corrected chi connectivity index (χ0v) is 19.4. The van der Waals surface area contributed by atoms with Gasteiger partial charge in [0, 0.05) is 23.6 Å². The maximum Gasteiger partial charge on any atom is 0.273 e. The summed E-state index contributed by atoms with van der Waals surface area (Å²) >= 11 is 3.13. The molecule has 9 heteroatoms. The molecule has 3 amide bonds. The molecule has 2 aromatic rings. The minimum absolute atomic E-state index is 0.162. The first-order valence-corrected chi connectivity index (χ1v) is 12.0. The fourth-order valence-electron chi connectivity index (χ4n) is 3.17. The van der Waals surface area contributed by atoms with Crippen molar-refractivity contribution in [1.29, 1.82) is 0 Å². The predicted octanol–water partition coefficient (Wildman–Crippen LogP) is 4.07. The van der Waals surface area contributed by atoms with Gasteiger partial charge in [-0.25, -0.2) is 5.01 Å². The van der Waals surface area contributed by atoms with Crippen LogP contribution in [0.25, 0.3) is 0 Å². The molecule has 0 spiro atoms. The fraction of sp³-hybridized carbons (Fsp3) is 0.318. The second kappa shape index (κ2) is 10.1. The summed E-state index contributed by atoms with van der Waals surface area (Å²) in [5.74, 6) is -0.500. The van der Waals surface area contributed by atoms with Crippen LogP contribution >= 0.6 is 23.5 Å². The lowest BCUT2D eigenvalue weighted by Gasteiger charge is -2.25. The first-order chi connectivity index (χ1) is 14.8. The Balaban J connectivity index is 1.85. The number of hydrazine groups is 1. The normalized spacial score (nSPS) is 18.1. The Morgan fingerprint density at radius 3 is 2.52 bits per heavy atom. The van der Waals surface area contributed by atoms with E-state index in [9.17, 15) is 14.4 Å². The molecule has 0 aliphatic carbocycles. The molecule has 1 saturated heterocycles. The third-order valence-corrected chi connectivity index (χ3v) is 6.72. The monoisotopic (exact) mass is 459 g/mol. The summed E-state index contributed by atoms with van der Waals surface area (Å²) in [5.41, 5.74) is 4.51. The lowest BCUT2D eigenvalue weighted by Crippen LogP contribution is -2.45. The largest absolute Gasteiger partial charge is 0.493 e. The maximum absolute atomic E-state index is 13.1. The van der Waals surface area contributed by atoms with Crippen LogP contribution in [0.4, 0.5) is 5.69 Å². The van der Waals surface area contributed by atoms with Crippen LogP contribution < -0.4 is 15.5 Å². The molecule has 1 heterocycles. The molecular formula is C22H25N3O4S2. The van der Waals surface area contributed by atoms with Gasteiger partial charge in [0.15, 0.2) is 0 Å². The Morgan fingerprint density at radius 2 is 1.90 bits per heavy atom. The predicted molar refractivity (Wildman–Crippen MR) is 124 cm³/mol. The topological polar surface area (TPSA) is 87.7 Å². The van der Waals surface area contributed by atoms with Crippen LogP contribution in [-0.2, 0) is 9.59 Å². The number of nitrogens with one attached hydrogen (secondary N) is 2. The van der Waals surface area contributed by atoms with Gasteiger partial charge < -0.3 is 10.1 Å². The molecular weight excluding hydrogens is 434 g/mol. The summed E-state index contributed by atoms with van der Waals surface area (Å²) < 4.78 is 5.61. The molecule has 31 heavy (non-hydrogen) atoms. The van der Waals surface area contributed by atoms with Crippen molar-refractivity contribution in [2.24, 2.45) is 0 Å². The van der Waals surface area contributed by atoms with Gasteiger partial charge >= 0.3 is 0 Å². The van der Waals surface area contributed by atoms with Gasteiger partial charge in [0.2, 0.25) is 5.91 Å². The van der Waals surface area contributed by atoms with Gasteiger partial charge in [0.25, 0.3) is 11.8 Å².